The summed E-state index contributed by atoms with van der Waals surface area (Å²) in [4.78, 5) is 49.3. The number of carboxylic acid groups (broad SMARTS) is 1. The molecule has 0 unspecified atom stereocenters. The number of hydrogen-bond acceptors (Lipinski definition) is 5. The summed E-state index contributed by atoms with van der Waals surface area (Å²) >= 11 is 0. The SMILES string of the molecule is C[C@H](NC(=O)c1cn(Cc2ccccc2)c(=O)c(C(=O)NCC(=O)O)c1O)c1ccccc1. The molecule has 9 heteroatoms. The molecule has 0 radical (unpaired) electrons. The first-order valence-electron chi connectivity index (χ1n) is 10.1. The lowest BCUT2D eigenvalue weighted by Gasteiger charge is -2.17. The van der Waals surface area contributed by atoms with Crippen LogP contribution >= 0.6 is 0 Å². The number of carbonyl (C=O) groups excluding carboxylic acids is 2. The molecule has 2 amide bonds. The van der Waals surface area contributed by atoms with Crippen LogP contribution in [0.25, 0.3) is 0 Å². The van der Waals surface area contributed by atoms with Crippen LogP contribution in [0, 0.1) is 0 Å². The fourth-order valence-corrected chi connectivity index (χ4v) is 3.27. The van der Waals surface area contributed by atoms with Crippen molar-refractivity contribution >= 4 is 17.8 Å². The minimum Gasteiger partial charge on any atom is -0.506 e. The second-order valence-corrected chi connectivity index (χ2v) is 7.37. The second-order valence-electron chi connectivity index (χ2n) is 7.37. The molecule has 33 heavy (non-hydrogen) atoms. The summed E-state index contributed by atoms with van der Waals surface area (Å²) < 4.78 is 1.13. The van der Waals surface area contributed by atoms with E-state index in [2.05, 4.69) is 10.6 Å². The van der Waals surface area contributed by atoms with Gasteiger partial charge in [-0.05, 0) is 18.1 Å². The Morgan fingerprint density at radius 3 is 2.18 bits per heavy atom. The Morgan fingerprint density at radius 2 is 1.58 bits per heavy atom. The molecule has 0 saturated heterocycles. The van der Waals surface area contributed by atoms with Crippen molar-refractivity contribution in [1.29, 1.82) is 0 Å². The van der Waals surface area contributed by atoms with Gasteiger partial charge in [0.05, 0.1) is 18.2 Å². The monoisotopic (exact) mass is 449 g/mol. The lowest BCUT2D eigenvalue weighted by Crippen LogP contribution is -2.37. The Kier molecular flexibility index (Phi) is 7.24. The Labute approximate surface area is 189 Å². The van der Waals surface area contributed by atoms with Gasteiger partial charge in [-0.2, -0.15) is 0 Å². The number of carbonyl (C=O) groups is 3. The smallest absolute Gasteiger partial charge is 0.322 e. The molecular formula is C24H23N3O6. The average Bonchev–Trinajstić information content (AvgIpc) is 2.80. The minimum absolute atomic E-state index is 0.0354. The van der Waals surface area contributed by atoms with Crippen LogP contribution < -0.4 is 16.2 Å². The van der Waals surface area contributed by atoms with Crippen molar-refractivity contribution in [3.8, 4) is 5.75 Å². The molecule has 3 aromatic rings. The Hall–Kier alpha value is -4.40. The van der Waals surface area contributed by atoms with E-state index in [9.17, 15) is 24.3 Å². The molecule has 9 nitrogen and oxygen atoms in total. The molecule has 4 N–H and O–H groups in total. The van der Waals surface area contributed by atoms with E-state index in [-0.39, 0.29) is 12.1 Å². The third-order valence-electron chi connectivity index (χ3n) is 4.97. The van der Waals surface area contributed by atoms with Crippen molar-refractivity contribution < 1.29 is 24.6 Å². The molecule has 0 fully saturated rings. The zero-order valence-electron chi connectivity index (χ0n) is 17.8. The molecule has 2 aromatic carbocycles. The van der Waals surface area contributed by atoms with Crippen LogP contribution in [0.2, 0.25) is 0 Å². The number of benzene rings is 2. The zero-order chi connectivity index (χ0) is 24.0. The van der Waals surface area contributed by atoms with Crippen molar-refractivity contribution in [2.45, 2.75) is 19.5 Å². The number of aromatic hydroxyl groups is 1. The van der Waals surface area contributed by atoms with Crippen LogP contribution in [-0.2, 0) is 11.3 Å². The van der Waals surface area contributed by atoms with E-state index in [0.29, 0.717) is 0 Å². The van der Waals surface area contributed by atoms with Crippen LogP contribution in [-0.4, -0.2) is 39.1 Å². The van der Waals surface area contributed by atoms with Crippen molar-refractivity contribution in [3.05, 3.63) is 99.5 Å². The molecular weight excluding hydrogens is 426 g/mol. The highest BCUT2D eigenvalue weighted by Crippen LogP contribution is 2.22. The molecule has 0 spiro atoms. The van der Waals surface area contributed by atoms with Gasteiger partial charge in [0.15, 0.2) is 0 Å². The number of nitrogens with one attached hydrogen (secondary N) is 2. The van der Waals surface area contributed by atoms with Gasteiger partial charge in [0.25, 0.3) is 17.4 Å². The van der Waals surface area contributed by atoms with E-state index in [0.717, 1.165) is 15.7 Å². The number of pyridine rings is 1. The van der Waals surface area contributed by atoms with Gasteiger partial charge < -0.3 is 25.4 Å². The number of aliphatic carboxylic acids is 1. The predicted molar refractivity (Wildman–Crippen MR) is 120 cm³/mol. The van der Waals surface area contributed by atoms with Crippen LogP contribution in [0.15, 0.2) is 71.7 Å². The van der Waals surface area contributed by atoms with Gasteiger partial charge in [-0.1, -0.05) is 60.7 Å². The van der Waals surface area contributed by atoms with E-state index in [1.165, 1.54) is 6.20 Å². The summed E-state index contributed by atoms with van der Waals surface area (Å²) in [6, 6.07) is 17.6. The van der Waals surface area contributed by atoms with Crippen molar-refractivity contribution in [3.63, 3.8) is 0 Å². The van der Waals surface area contributed by atoms with Gasteiger partial charge in [0, 0.05) is 6.20 Å². The average molecular weight is 449 g/mol. The predicted octanol–water partition coefficient (Wildman–Crippen LogP) is 1.91. The third kappa shape index (κ3) is 5.65. The molecule has 0 bridgehead atoms. The fourth-order valence-electron chi connectivity index (χ4n) is 3.27. The largest absolute Gasteiger partial charge is 0.506 e. The summed E-state index contributed by atoms with van der Waals surface area (Å²) in [5.74, 6) is -3.92. The maximum atomic E-state index is 13.0. The molecule has 1 atom stereocenters. The quantitative estimate of drug-likeness (QED) is 0.415. The summed E-state index contributed by atoms with van der Waals surface area (Å²) in [6.45, 7) is 1.04. The number of rotatable bonds is 8. The normalized spacial score (nSPS) is 11.4. The number of aromatic nitrogens is 1. The maximum Gasteiger partial charge on any atom is 0.322 e. The van der Waals surface area contributed by atoms with Crippen LogP contribution in [0.5, 0.6) is 5.75 Å². The summed E-state index contributed by atoms with van der Waals surface area (Å²) in [5.41, 5.74) is -0.290. The van der Waals surface area contributed by atoms with Gasteiger partial charge in [0.2, 0.25) is 0 Å². The van der Waals surface area contributed by atoms with Crippen LogP contribution in [0.1, 0.15) is 44.8 Å². The van der Waals surface area contributed by atoms with Crippen molar-refractivity contribution in [2.75, 3.05) is 6.54 Å². The highest BCUT2D eigenvalue weighted by atomic mass is 16.4. The van der Waals surface area contributed by atoms with E-state index >= 15 is 0 Å². The van der Waals surface area contributed by atoms with E-state index in [4.69, 9.17) is 5.11 Å². The molecule has 0 aliphatic carbocycles. The maximum absolute atomic E-state index is 13.0. The molecule has 170 valence electrons. The molecule has 0 aliphatic rings. The number of amides is 2. The minimum atomic E-state index is -1.32. The molecule has 0 aliphatic heterocycles. The summed E-state index contributed by atoms with van der Waals surface area (Å²) in [7, 11) is 0. The summed E-state index contributed by atoms with van der Waals surface area (Å²) in [5, 5.41) is 24.3. The first-order chi connectivity index (χ1) is 15.8. The van der Waals surface area contributed by atoms with Crippen LogP contribution in [0.3, 0.4) is 0 Å². The fraction of sp³-hybridized carbons (Fsp3) is 0.167. The highest BCUT2D eigenvalue weighted by Gasteiger charge is 2.26. The molecule has 0 saturated carbocycles. The molecule has 1 aromatic heterocycles. The Bertz CT molecular complexity index is 1220. The lowest BCUT2D eigenvalue weighted by molar-refractivity contribution is -0.135. The zero-order valence-corrected chi connectivity index (χ0v) is 17.8. The van der Waals surface area contributed by atoms with Gasteiger partial charge in [0.1, 0.15) is 17.9 Å². The highest BCUT2D eigenvalue weighted by molar-refractivity contribution is 6.04. The second kappa shape index (κ2) is 10.3. The lowest BCUT2D eigenvalue weighted by atomic mass is 10.1. The number of nitrogens with zero attached hydrogens (tertiary/aromatic N) is 1. The number of carboxylic acids is 1. The Balaban J connectivity index is 2.02. The van der Waals surface area contributed by atoms with Gasteiger partial charge >= 0.3 is 5.97 Å². The van der Waals surface area contributed by atoms with Crippen molar-refractivity contribution in [2.24, 2.45) is 0 Å². The topological polar surface area (TPSA) is 138 Å². The standard InChI is InChI=1S/C24H23N3O6/c1-15(17-10-6-3-7-11-17)26-22(31)18-14-27(13-16-8-4-2-5-9-16)24(33)20(21(18)30)23(32)25-12-19(28)29/h2-11,14-15,30H,12-13H2,1H3,(H,25,32)(H,26,31)(H,28,29)/t15-/m0/s1. The van der Waals surface area contributed by atoms with E-state index in [1.54, 1.807) is 37.3 Å². The molecule has 1 heterocycles. The summed E-state index contributed by atoms with van der Waals surface area (Å²) in [6.07, 6.45) is 1.19. The Morgan fingerprint density at radius 1 is 0.970 bits per heavy atom. The first kappa shape index (κ1) is 23.3. The van der Waals surface area contributed by atoms with Gasteiger partial charge in [-0.15, -0.1) is 0 Å². The van der Waals surface area contributed by atoms with Gasteiger partial charge in [-0.3, -0.25) is 19.2 Å². The number of hydrogen-bond donors (Lipinski definition) is 4. The third-order valence-corrected chi connectivity index (χ3v) is 4.97. The first-order valence-corrected chi connectivity index (χ1v) is 10.1. The van der Waals surface area contributed by atoms with E-state index < -0.39 is 47.2 Å². The molecule has 3 rings (SSSR count). The van der Waals surface area contributed by atoms with Gasteiger partial charge in [-0.25, -0.2) is 0 Å². The van der Waals surface area contributed by atoms with Crippen molar-refractivity contribution in [1.82, 2.24) is 15.2 Å². The van der Waals surface area contributed by atoms with Crippen LogP contribution in [0.4, 0.5) is 0 Å². The van der Waals surface area contributed by atoms with E-state index in [1.807, 2.05) is 30.3 Å².